The second-order valence-corrected chi connectivity index (χ2v) is 6.56. The lowest BCUT2D eigenvalue weighted by molar-refractivity contribution is -0.384. The largest absolute Gasteiger partial charge is 0.482 e. The summed E-state index contributed by atoms with van der Waals surface area (Å²) < 4.78 is 6.32. The molecule has 0 aromatic heterocycles. The number of allylic oxidation sites excluding steroid dienone is 1. The Morgan fingerprint density at radius 3 is 2.81 bits per heavy atom. The van der Waals surface area contributed by atoms with Gasteiger partial charge in [-0.25, -0.2) is 5.43 Å². The summed E-state index contributed by atoms with van der Waals surface area (Å²) in [5.41, 5.74) is 5.04. The fourth-order valence-electron chi connectivity index (χ4n) is 2.30. The average molecular weight is 432 g/mol. The Morgan fingerprint density at radius 2 is 2.11 bits per heavy atom. The molecule has 7 nitrogen and oxygen atoms in total. The molecule has 1 N–H and O–H groups in total. The fourth-order valence-corrected chi connectivity index (χ4v) is 3.09. The molecule has 0 aliphatic carbocycles. The summed E-state index contributed by atoms with van der Waals surface area (Å²) in [6, 6.07) is 10.1. The van der Waals surface area contributed by atoms with E-state index >= 15 is 0 Å². The van der Waals surface area contributed by atoms with Crippen LogP contribution in [0.3, 0.4) is 0 Å². The molecule has 140 valence electrons. The summed E-state index contributed by atoms with van der Waals surface area (Å²) in [5, 5.41) is 14.5. The van der Waals surface area contributed by atoms with Crippen LogP contribution in [0.1, 0.15) is 16.7 Å². The number of carbonyl (C=O) groups is 1. The SMILES string of the molecule is Cc1cc(C)c(OCC(=O)N/N=C\C=C\c2cccc([N+](=O)[O-])c2)c(Br)c1. The first-order valence-corrected chi connectivity index (χ1v) is 8.78. The van der Waals surface area contributed by atoms with Gasteiger partial charge >= 0.3 is 0 Å². The molecule has 0 saturated heterocycles. The van der Waals surface area contributed by atoms with Crippen LogP contribution in [0.5, 0.6) is 5.75 Å². The minimum absolute atomic E-state index is 0.0112. The molecule has 0 saturated carbocycles. The Morgan fingerprint density at radius 1 is 1.33 bits per heavy atom. The number of benzene rings is 2. The minimum Gasteiger partial charge on any atom is -0.482 e. The smallest absolute Gasteiger partial charge is 0.277 e. The summed E-state index contributed by atoms with van der Waals surface area (Å²) in [6.45, 7) is 3.71. The Labute approximate surface area is 165 Å². The first-order valence-electron chi connectivity index (χ1n) is 7.99. The maximum Gasteiger partial charge on any atom is 0.277 e. The fraction of sp³-hybridized carbons (Fsp3) is 0.158. The number of aryl methyl sites for hydroxylation is 2. The Hall–Kier alpha value is -3.00. The van der Waals surface area contributed by atoms with Crippen molar-refractivity contribution in [3.63, 3.8) is 0 Å². The summed E-state index contributed by atoms with van der Waals surface area (Å²) in [5.74, 6) is 0.215. The third-order valence-electron chi connectivity index (χ3n) is 3.44. The average Bonchev–Trinajstić information content (AvgIpc) is 2.60. The normalized spacial score (nSPS) is 11.1. The van der Waals surface area contributed by atoms with Crippen molar-refractivity contribution in [1.82, 2.24) is 5.43 Å². The number of hydrogen-bond donors (Lipinski definition) is 1. The van der Waals surface area contributed by atoms with E-state index in [1.54, 1.807) is 24.3 Å². The van der Waals surface area contributed by atoms with Gasteiger partial charge in [-0.3, -0.25) is 14.9 Å². The number of hydrazone groups is 1. The summed E-state index contributed by atoms with van der Waals surface area (Å²) in [6.07, 6.45) is 4.59. The van der Waals surface area contributed by atoms with Crippen molar-refractivity contribution in [2.24, 2.45) is 5.10 Å². The highest BCUT2D eigenvalue weighted by Crippen LogP contribution is 2.30. The standard InChI is InChI=1S/C19H18BrN3O4/c1-13-9-14(2)19(17(20)10-13)27-12-18(24)22-21-8-4-6-15-5-3-7-16(11-15)23(25)26/h3-11H,12H2,1-2H3,(H,22,24)/b6-4+,21-8-. The summed E-state index contributed by atoms with van der Waals surface area (Å²) >= 11 is 3.42. The number of nitro groups is 1. The van der Waals surface area contributed by atoms with Gasteiger partial charge in [-0.15, -0.1) is 0 Å². The van der Waals surface area contributed by atoms with Crippen molar-refractivity contribution in [3.05, 3.63) is 73.8 Å². The van der Waals surface area contributed by atoms with Crippen LogP contribution in [0.4, 0.5) is 5.69 Å². The molecule has 0 aliphatic heterocycles. The van der Waals surface area contributed by atoms with E-state index in [2.05, 4.69) is 26.5 Å². The molecule has 0 bridgehead atoms. The topological polar surface area (TPSA) is 93.8 Å². The molecule has 0 spiro atoms. The number of halogens is 1. The van der Waals surface area contributed by atoms with Gasteiger partial charge in [-0.1, -0.05) is 24.3 Å². The van der Waals surface area contributed by atoms with E-state index in [-0.39, 0.29) is 12.3 Å². The quantitative estimate of drug-likeness (QED) is 0.404. The highest BCUT2D eigenvalue weighted by molar-refractivity contribution is 9.10. The maximum atomic E-state index is 11.8. The first kappa shape index (κ1) is 20.3. The molecule has 27 heavy (non-hydrogen) atoms. The van der Waals surface area contributed by atoms with Crippen molar-refractivity contribution in [3.8, 4) is 5.75 Å². The van der Waals surface area contributed by atoms with Crippen molar-refractivity contribution in [2.75, 3.05) is 6.61 Å². The predicted molar refractivity (Wildman–Crippen MR) is 108 cm³/mol. The van der Waals surface area contributed by atoms with Gasteiger partial charge in [0.15, 0.2) is 6.61 Å². The predicted octanol–water partition coefficient (Wildman–Crippen LogP) is 4.17. The lowest BCUT2D eigenvalue weighted by Crippen LogP contribution is -2.24. The van der Waals surface area contributed by atoms with E-state index in [1.165, 1.54) is 18.3 Å². The van der Waals surface area contributed by atoms with Gasteiger partial charge < -0.3 is 4.74 Å². The van der Waals surface area contributed by atoms with Crippen LogP contribution < -0.4 is 10.2 Å². The maximum absolute atomic E-state index is 11.8. The van der Waals surface area contributed by atoms with Gasteiger partial charge in [-0.2, -0.15) is 5.10 Å². The lowest BCUT2D eigenvalue weighted by atomic mass is 10.1. The second-order valence-electron chi connectivity index (χ2n) is 5.71. The molecule has 2 aromatic rings. The van der Waals surface area contributed by atoms with Gasteiger partial charge in [0.05, 0.1) is 9.40 Å². The summed E-state index contributed by atoms with van der Waals surface area (Å²) in [7, 11) is 0. The Kier molecular flexibility index (Phi) is 7.25. The van der Waals surface area contributed by atoms with Crippen LogP contribution >= 0.6 is 15.9 Å². The van der Waals surface area contributed by atoms with E-state index in [0.29, 0.717) is 11.3 Å². The number of amides is 1. The van der Waals surface area contributed by atoms with Crippen molar-refractivity contribution < 1.29 is 14.5 Å². The zero-order valence-electron chi connectivity index (χ0n) is 14.8. The number of nitrogens with zero attached hydrogens (tertiary/aromatic N) is 2. The molecular formula is C19H18BrN3O4. The number of rotatable bonds is 7. The molecule has 2 aromatic carbocycles. The first-order chi connectivity index (χ1) is 12.9. The molecule has 0 unspecified atom stereocenters. The Balaban J connectivity index is 1.83. The molecule has 0 heterocycles. The van der Waals surface area contributed by atoms with E-state index in [9.17, 15) is 14.9 Å². The van der Waals surface area contributed by atoms with Crippen LogP contribution in [0.2, 0.25) is 0 Å². The zero-order valence-corrected chi connectivity index (χ0v) is 16.4. The molecule has 1 amide bonds. The lowest BCUT2D eigenvalue weighted by Gasteiger charge is -2.11. The highest BCUT2D eigenvalue weighted by Gasteiger charge is 2.08. The van der Waals surface area contributed by atoms with Crippen molar-refractivity contribution in [2.45, 2.75) is 13.8 Å². The van der Waals surface area contributed by atoms with E-state index < -0.39 is 10.8 Å². The third-order valence-corrected chi connectivity index (χ3v) is 4.03. The molecule has 0 fully saturated rings. The molecule has 2 rings (SSSR count). The van der Waals surface area contributed by atoms with Crippen LogP contribution in [-0.4, -0.2) is 23.7 Å². The number of ether oxygens (including phenoxy) is 1. The highest BCUT2D eigenvalue weighted by atomic mass is 79.9. The van der Waals surface area contributed by atoms with E-state index in [0.717, 1.165) is 15.6 Å². The minimum atomic E-state index is -0.459. The van der Waals surface area contributed by atoms with Crippen molar-refractivity contribution in [1.29, 1.82) is 0 Å². The van der Waals surface area contributed by atoms with Gasteiger partial charge in [0.1, 0.15) is 5.75 Å². The van der Waals surface area contributed by atoms with Gasteiger partial charge in [-0.05, 0) is 58.6 Å². The monoisotopic (exact) mass is 431 g/mol. The molecule has 0 aliphatic rings. The van der Waals surface area contributed by atoms with Crippen LogP contribution in [0.15, 0.2) is 52.0 Å². The zero-order chi connectivity index (χ0) is 19.8. The van der Waals surface area contributed by atoms with E-state index in [1.807, 2.05) is 26.0 Å². The Bertz CT molecular complexity index is 887. The second kappa shape index (κ2) is 9.63. The molecule has 0 atom stereocenters. The number of non-ortho nitro benzene ring substituents is 1. The van der Waals surface area contributed by atoms with E-state index in [4.69, 9.17) is 4.74 Å². The van der Waals surface area contributed by atoms with Gasteiger partial charge in [0.2, 0.25) is 0 Å². The molecule has 0 radical (unpaired) electrons. The summed E-state index contributed by atoms with van der Waals surface area (Å²) in [4.78, 5) is 22.1. The number of hydrogen-bond acceptors (Lipinski definition) is 5. The number of nitro benzene ring substituents is 1. The molecule has 8 heteroatoms. The number of carbonyl (C=O) groups excluding carboxylic acids is 1. The van der Waals surface area contributed by atoms with Crippen LogP contribution in [0, 0.1) is 24.0 Å². The third kappa shape index (κ3) is 6.34. The number of nitrogens with one attached hydrogen (secondary N) is 1. The van der Waals surface area contributed by atoms with Crippen LogP contribution in [-0.2, 0) is 4.79 Å². The van der Waals surface area contributed by atoms with Crippen molar-refractivity contribution >= 4 is 39.8 Å². The van der Waals surface area contributed by atoms with Gasteiger partial charge in [0, 0.05) is 18.3 Å². The molecular weight excluding hydrogens is 414 g/mol. The van der Waals surface area contributed by atoms with Crippen LogP contribution in [0.25, 0.3) is 6.08 Å². The van der Waals surface area contributed by atoms with Gasteiger partial charge in [0.25, 0.3) is 11.6 Å².